The number of phenolic OH excluding ortho intramolecular Hbond substituents is 1. The second-order valence-electron chi connectivity index (χ2n) is 7.26. The zero-order chi connectivity index (χ0) is 24.1. The van der Waals surface area contributed by atoms with E-state index in [1.54, 1.807) is 43.5 Å². The van der Waals surface area contributed by atoms with Gasteiger partial charge in [0, 0.05) is 17.2 Å². The summed E-state index contributed by atoms with van der Waals surface area (Å²) >= 11 is 1.18. The van der Waals surface area contributed by atoms with Crippen molar-refractivity contribution in [2.75, 3.05) is 20.0 Å². The third kappa shape index (κ3) is 4.97. The standard InChI is InChI=1S/C26H22N2O5S/c1-32-20-11-8-17(9-12-20)23(30)16-34-26-27-21(18-10-13-22(29)24(14-18)33-2)15-25(31)28(26)19-6-4-3-5-7-19/h3-15,29H,16H2,1-2H3. The van der Waals surface area contributed by atoms with Crippen LogP contribution in [0.15, 0.2) is 88.8 Å². The lowest BCUT2D eigenvalue weighted by Crippen LogP contribution is -2.21. The maximum Gasteiger partial charge on any atom is 0.259 e. The van der Waals surface area contributed by atoms with Gasteiger partial charge in [0.25, 0.3) is 5.56 Å². The number of nitrogens with zero attached hydrogens (tertiary/aromatic N) is 2. The van der Waals surface area contributed by atoms with Crippen molar-refractivity contribution in [3.8, 4) is 34.2 Å². The molecule has 4 aromatic rings. The van der Waals surface area contributed by atoms with Gasteiger partial charge in [0.2, 0.25) is 0 Å². The predicted octanol–water partition coefficient (Wildman–Crippen LogP) is 4.60. The predicted molar refractivity (Wildman–Crippen MR) is 132 cm³/mol. The van der Waals surface area contributed by atoms with Gasteiger partial charge in [-0.3, -0.25) is 14.2 Å². The average molecular weight is 475 g/mol. The zero-order valence-corrected chi connectivity index (χ0v) is 19.4. The van der Waals surface area contributed by atoms with Gasteiger partial charge in [-0.1, -0.05) is 30.0 Å². The fraction of sp³-hybridized carbons (Fsp3) is 0.115. The van der Waals surface area contributed by atoms with Gasteiger partial charge in [0.1, 0.15) is 5.75 Å². The van der Waals surface area contributed by atoms with E-state index >= 15 is 0 Å². The Hall–Kier alpha value is -4.04. The van der Waals surface area contributed by atoms with Crippen LogP contribution in [0.2, 0.25) is 0 Å². The number of methoxy groups -OCH3 is 2. The smallest absolute Gasteiger partial charge is 0.259 e. The van der Waals surface area contributed by atoms with Gasteiger partial charge < -0.3 is 14.6 Å². The Labute approximate surface area is 200 Å². The monoisotopic (exact) mass is 474 g/mol. The van der Waals surface area contributed by atoms with Crippen molar-refractivity contribution in [1.82, 2.24) is 9.55 Å². The minimum Gasteiger partial charge on any atom is -0.504 e. The normalized spacial score (nSPS) is 10.6. The highest BCUT2D eigenvalue weighted by molar-refractivity contribution is 7.99. The maximum absolute atomic E-state index is 13.2. The lowest BCUT2D eigenvalue weighted by Gasteiger charge is -2.14. The Balaban J connectivity index is 1.72. The van der Waals surface area contributed by atoms with E-state index in [1.807, 2.05) is 30.3 Å². The highest BCUT2D eigenvalue weighted by atomic mass is 32.2. The van der Waals surface area contributed by atoms with Crippen LogP contribution < -0.4 is 15.0 Å². The number of aromatic nitrogens is 2. The molecule has 1 aromatic heterocycles. The molecule has 0 radical (unpaired) electrons. The molecule has 8 heteroatoms. The summed E-state index contributed by atoms with van der Waals surface area (Å²) in [6.45, 7) is 0. The summed E-state index contributed by atoms with van der Waals surface area (Å²) in [5, 5.41) is 10.3. The van der Waals surface area contributed by atoms with Crippen molar-refractivity contribution in [2.45, 2.75) is 5.16 Å². The molecule has 0 amide bonds. The van der Waals surface area contributed by atoms with Crippen molar-refractivity contribution < 1.29 is 19.4 Å². The average Bonchev–Trinajstić information content (AvgIpc) is 2.87. The second-order valence-corrected chi connectivity index (χ2v) is 8.20. The summed E-state index contributed by atoms with van der Waals surface area (Å²) in [5.41, 5.74) is 1.92. The highest BCUT2D eigenvalue weighted by Gasteiger charge is 2.16. The van der Waals surface area contributed by atoms with Crippen LogP contribution in [-0.4, -0.2) is 40.4 Å². The number of phenols is 1. The molecule has 0 spiro atoms. The van der Waals surface area contributed by atoms with Crippen molar-refractivity contribution in [2.24, 2.45) is 0 Å². The summed E-state index contributed by atoms with van der Waals surface area (Å²) in [6, 6.07) is 22.2. The Bertz CT molecular complexity index is 1370. The summed E-state index contributed by atoms with van der Waals surface area (Å²) in [5.74, 6) is 0.923. The van der Waals surface area contributed by atoms with Crippen LogP contribution in [0.5, 0.6) is 17.2 Å². The number of hydrogen-bond donors (Lipinski definition) is 1. The molecule has 0 unspecified atom stereocenters. The molecule has 172 valence electrons. The number of ketones is 1. The zero-order valence-electron chi connectivity index (χ0n) is 18.6. The number of rotatable bonds is 8. The van der Waals surface area contributed by atoms with E-state index in [0.717, 1.165) is 0 Å². The van der Waals surface area contributed by atoms with Gasteiger partial charge >= 0.3 is 0 Å². The maximum atomic E-state index is 13.2. The quantitative estimate of drug-likeness (QED) is 0.227. The molecule has 1 heterocycles. The largest absolute Gasteiger partial charge is 0.504 e. The molecule has 0 aliphatic rings. The molecule has 3 aromatic carbocycles. The third-order valence-corrected chi connectivity index (χ3v) is 6.06. The van der Waals surface area contributed by atoms with Crippen LogP contribution in [-0.2, 0) is 0 Å². The van der Waals surface area contributed by atoms with E-state index in [9.17, 15) is 14.7 Å². The molecule has 0 saturated heterocycles. The fourth-order valence-corrected chi connectivity index (χ4v) is 4.26. The minimum atomic E-state index is -0.289. The van der Waals surface area contributed by atoms with Crippen molar-refractivity contribution in [3.05, 3.63) is 94.8 Å². The lowest BCUT2D eigenvalue weighted by atomic mass is 10.1. The van der Waals surface area contributed by atoms with E-state index in [-0.39, 0.29) is 28.6 Å². The second kappa shape index (κ2) is 10.3. The summed E-state index contributed by atoms with van der Waals surface area (Å²) in [4.78, 5) is 30.7. The van der Waals surface area contributed by atoms with Crippen LogP contribution >= 0.6 is 11.8 Å². The highest BCUT2D eigenvalue weighted by Crippen LogP contribution is 2.31. The molecule has 34 heavy (non-hydrogen) atoms. The number of carbonyl (C=O) groups is 1. The molecular formula is C26H22N2O5S. The van der Waals surface area contributed by atoms with Gasteiger partial charge in [-0.2, -0.15) is 0 Å². The van der Waals surface area contributed by atoms with E-state index in [4.69, 9.17) is 14.5 Å². The Kier molecular flexibility index (Phi) is 6.98. The number of Topliss-reactive ketones (excluding diaryl/α,β-unsaturated/α-hetero) is 1. The summed E-state index contributed by atoms with van der Waals surface area (Å²) in [7, 11) is 3.02. The first-order valence-corrected chi connectivity index (χ1v) is 11.4. The molecule has 0 fully saturated rings. The van der Waals surface area contributed by atoms with Gasteiger partial charge in [0.15, 0.2) is 22.4 Å². The number of aromatic hydroxyl groups is 1. The Morgan fingerprint density at radius 1 is 0.971 bits per heavy atom. The molecule has 7 nitrogen and oxygen atoms in total. The number of hydrogen-bond acceptors (Lipinski definition) is 7. The molecular weight excluding hydrogens is 452 g/mol. The van der Waals surface area contributed by atoms with Crippen molar-refractivity contribution in [3.63, 3.8) is 0 Å². The third-order valence-electron chi connectivity index (χ3n) is 5.12. The van der Waals surface area contributed by atoms with E-state index < -0.39 is 0 Å². The number of para-hydroxylation sites is 1. The topological polar surface area (TPSA) is 90.7 Å². The summed E-state index contributed by atoms with van der Waals surface area (Å²) < 4.78 is 11.8. The first-order chi connectivity index (χ1) is 16.5. The number of ether oxygens (including phenoxy) is 2. The van der Waals surface area contributed by atoms with Crippen molar-refractivity contribution >= 4 is 17.5 Å². The van der Waals surface area contributed by atoms with E-state index in [1.165, 1.54) is 35.6 Å². The van der Waals surface area contributed by atoms with Gasteiger partial charge in [-0.25, -0.2) is 4.98 Å². The van der Waals surface area contributed by atoms with Crippen LogP contribution in [0.3, 0.4) is 0 Å². The van der Waals surface area contributed by atoms with Gasteiger partial charge in [-0.05, 0) is 54.6 Å². The van der Waals surface area contributed by atoms with Gasteiger partial charge in [0.05, 0.1) is 31.4 Å². The first-order valence-electron chi connectivity index (χ1n) is 10.4. The number of carbonyl (C=O) groups excluding carboxylic acids is 1. The van der Waals surface area contributed by atoms with E-state index in [2.05, 4.69) is 0 Å². The Morgan fingerprint density at radius 2 is 1.71 bits per heavy atom. The molecule has 4 rings (SSSR count). The fourth-order valence-electron chi connectivity index (χ4n) is 3.35. The van der Waals surface area contributed by atoms with E-state index in [0.29, 0.717) is 33.4 Å². The Morgan fingerprint density at radius 3 is 2.38 bits per heavy atom. The molecule has 0 bridgehead atoms. The van der Waals surface area contributed by atoms with Crippen molar-refractivity contribution in [1.29, 1.82) is 0 Å². The number of benzene rings is 3. The minimum absolute atomic E-state index is 0.0106. The molecule has 0 aliphatic heterocycles. The molecule has 0 atom stereocenters. The van der Waals surface area contributed by atoms with Crippen LogP contribution in [0, 0.1) is 0 Å². The van der Waals surface area contributed by atoms with Crippen LogP contribution in [0.25, 0.3) is 16.9 Å². The summed E-state index contributed by atoms with van der Waals surface area (Å²) in [6.07, 6.45) is 0. The number of thioether (sulfide) groups is 1. The van der Waals surface area contributed by atoms with Crippen LogP contribution in [0.1, 0.15) is 10.4 Å². The lowest BCUT2D eigenvalue weighted by molar-refractivity contribution is 0.102. The molecule has 1 N–H and O–H groups in total. The van der Waals surface area contributed by atoms with Gasteiger partial charge in [-0.15, -0.1) is 0 Å². The molecule has 0 saturated carbocycles. The SMILES string of the molecule is COc1ccc(C(=O)CSc2nc(-c3ccc(O)c(OC)c3)cc(=O)n2-c2ccccc2)cc1. The van der Waals surface area contributed by atoms with Crippen LogP contribution in [0.4, 0.5) is 0 Å². The molecule has 0 aliphatic carbocycles. The first kappa shape index (κ1) is 23.1.